The zero-order valence-electron chi connectivity index (χ0n) is 20.3. The number of anilines is 2. The van der Waals surface area contributed by atoms with E-state index in [4.69, 9.17) is 19.5 Å². The van der Waals surface area contributed by atoms with Gasteiger partial charge in [-0.2, -0.15) is 10.4 Å². The standard InChI is InChI=1S/C23H26N8O5/c1-22(2,3)36-21(32)31-11-23(33,12-31)13-35-16-5-6-25-20(34-4)19(16)15-7-17(30-29-15)28-18-10-26-14(8-24)9-27-18/h5-7,9-10,33H,11-13H2,1-4H3,(H2,27,28,29,30). The van der Waals surface area contributed by atoms with Gasteiger partial charge in [0.1, 0.15) is 41.0 Å². The lowest BCUT2D eigenvalue weighted by molar-refractivity contribution is -0.117. The van der Waals surface area contributed by atoms with E-state index in [1.54, 1.807) is 32.9 Å². The van der Waals surface area contributed by atoms with Crippen molar-refractivity contribution in [1.29, 1.82) is 5.26 Å². The number of β-amino-alcohol motifs (C(OH)–C–C–N with tert-alkyl or cyclic N) is 1. The molecule has 13 nitrogen and oxygen atoms in total. The van der Waals surface area contributed by atoms with Crippen LogP contribution in [0.25, 0.3) is 11.3 Å². The number of amides is 1. The molecule has 0 saturated carbocycles. The number of H-pyrrole nitrogens is 1. The fraction of sp³-hybridized carbons (Fsp3) is 0.391. The second kappa shape index (κ2) is 9.67. The fourth-order valence-electron chi connectivity index (χ4n) is 3.47. The molecule has 188 valence electrons. The molecule has 3 N–H and O–H groups in total. The van der Waals surface area contributed by atoms with Gasteiger partial charge in [-0.05, 0) is 26.8 Å². The summed E-state index contributed by atoms with van der Waals surface area (Å²) >= 11 is 0. The summed E-state index contributed by atoms with van der Waals surface area (Å²) in [6.45, 7) is 5.46. The molecule has 36 heavy (non-hydrogen) atoms. The van der Waals surface area contributed by atoms with Crippen LogP contribution in [0.4, 0.5) is 16.4 Å². The molecule has 1 fully saturated rings. The van der Waals surface area contributed by atoms with E-state index in [1.807, 2.05) is 6.07 Å². The van der Waals surface area contributed by atoms with Gasteiger partial charge in [0.05, 0.1) is 38.3 Å². The molecule has 1 aliphatic heterocycles. The van der Waals surface area contributed by atoms with Gasteiger partial charge in [-0.15, -0.1) is 0 Å². The third-order valence-corrected chi connectivity index (χ3v) is 5.06. The van der Waals surface area contributed by atoms with Crippen LogP contribution in [0.2, 0.25) is 0 Å². The van der Waals surface area contributed by atoms with Gasteiger partial charge >= 0.3 is 6.09 Å². The summed E-state index contributed by atoms with van der Waals surface area (Å²) in [5.41, 5.74) is -0.602. The second-order valence-corrected chi connectivity index (χ2v) is 9.23. The molecule has 0 aromatic carbocycles. The third-order valence-electron chi connectivity index (χ3n) is 5.06. The molecular formula is C23H26N8O5. The Kier molecular flexibility index (Phi) is 6.63. The zero-order valence-corrected chi connectivity index (χ0v) is 20.3. The first-order valence-electron chi connectivity index (χ1n) is 11.0. The van der Waals surface area contributed by atoms with E-state index in [0.29, 0.717) is 28.6 Å². The van der Waals surface area contributed by atoms with Crippen molar-refractivity contribution in [3.8, 4) is 29.0 Å². The smallest absolute Gasteiger partial charge is 0.410 e. The van der Waals surface area contributed by atoms with E-state index in [2.05, 4.69) is 30.5 Å². The maximum atomic E-state index is 12.2. The minimum atomic E-state index is -1.22. The van der Waals surface area contributed by atoms with Crippen LogP contribution in [0.3, 0.4) is 0 Å². The lowest BCUT2D eigenvalue weighted by Gasteiger charge is -2.45. The lowest BCUT2D eigenvalue weighted by Crippen LogP contribution is -2.66. The molecule has 1 aliphatic rings. The number of nitrogens with one attached hydrogen (secondary N) is 2. The number of nitrogens with zero attached hydrogens (tertiary/aromatic N) is 6. The van der Waals surface area contributed by atoms with E-state index in [0.717, 1.165) is 0 Å². The summed E-state index contributed by atoms with van der Waals surface area (Å²) in [7, 11) is 1.48. The maximum absolute atomic E-state index is 12.2. The molecule has 1 saturated heterocycles. The largest absolute Gasteiger partial charge is 0.489 e. The Balaban J connectivity index is 1.46. The number of aliphatic hydroxyl groups is 1. The van der Waals surface area contributed by atoms with Crippen molar-refractivity contribution in [2.24, 2.45) is 0 Å². The van der Waals surface area contributed by atoms with Crippen molar-refractivity contribution in [2.45, 2.75) is 32.0 Å². The minimum Gasteiger partial charge on any atom is -0.489 e. The van der Waals surface area contributed by atoms with Crippen LogP contribution in [0.1, 0.15) is 26.5 Å². The molecule has 0 bridgehead atoms. The molecule has 0 spiro atoms. The summed E-state index contributed by atoms with van der Waals surface area (Å²) in [4.78, 5) is 25.9. The summed E-state index contributed by atoms with van der Waals surface area (Å²) in [5.74, 6) is 1.53. The number of rotatable bonds is 7. The van der Waals surface area contributed by atoms with Gasteiger partial charge in [-0.25, -0.2) is 19.7 Å². The van der Waals surface area contributed by atoms with Crippen molar-refractivity contribution < 1.29 is 24.1 Å². The van der Waals surface area contributed by atoms with Gasteiger partial charge in [-0.1, -0.05) is 0 Å². The van der Waals surface area contributed by atoms with Gasteiger partial charge in [-0.3, -0.25) is 5.10 Å². The number of hydrogen-bond donors (Lipinski definition) is 3. The average Bonchev–Trinajstić information content (AvgIpc) is 3.28. The summed E-state index contributed by atoms with van der Waals surface area (Å²) in [6.07, 6.45) is 3.81. The Bertz CT molecular complexity index is 1270. The van der Waals surface area contributed by atoms with Crippen LogP contribution in [-0.4, -0.2) is 79.3 Å². The first kappa shape index (κ1) is 24.7. The summed E-state index contributed by atoms with van der Waals surface area (Å²) < 4.78 is 16.7. The number of aromatic nitrogens is 5. The predicted octanol–water partition coefficient (Wildman–Crippen LogP) is 2.25. The van der Waals surface area contributed by atoms with Gasteiger partial charge in [0.15, 0.2) is 11.5 Å². The van der Waals surface area contributed by atoms with E-state index >= 15 is 0 Å². The number of aromatic amines is 1. The number of hydrogen-bond acceptors (Lipinski definition) is 11. The first-order chi connectivity index (χ1) is 17.1. The molecule has 0 aliphatic carbocycles. The van der Waals surface area contributed by atoms with Crippen molar-refractivity contribution in [2.75, 3.05) is 32.1 Å². The van der Waals surface area contributed by atoms with Crippen LogP contribution < -0.4 is 14.8 Å². The molecule has 0 unspecified atom stereocenters. The highest BCUT2D eigenvalue weighted by Crippen LogP contribution is 2.37. The Morgan fingerprint density at radius 3 is 2.69 bits per heavy atom. The quantitative estimate of drug-likeness (QED) is 0.440. The van der Waals surface area contributed by atoms with Crippen LogP contribution in [0.5, 0.6) is 11.6 Å². The summed E-state index contributed by atoms with van der Waals surface area (Å²) in [5, 5.41) is 29.8. The van der Waals surface area contributed by atoms with Crippen molar-refractivity contribution in [3.63, 3.8) is 0 Å². The van der Waals surface area contributed by atoms with Crippen molar-refractivity contribution >= 4 is 17.7 Å². The van der Waals surface area contributed by atoms with Gasteiger partial charge in [0.25, 0.3) is 0 Å². The molecule has 3 aromatic heterocycles. The Morgan fingerprint density at radius 2 is 2.06 bits per heavy atom. The first-order valence-corrected chi connectivity index (χ1v) is 11.0. The minimum absolute atomic E-state index is 0.0630. The van der Waals surface area contributed by atoms with Gasteiger partial charge in [0.2, 0.25) is 5.88 Å². The number of ether oxygens (including phenoxy) is 3. The molecule has 1 amide bonds. The van der Waals surface area contributed by atoms with Crippen molar-refractivity contribution in [3.05, 3.63) is 36.4 Å². The second-order valence-electron chi connectivity index (χ2n) is 9.23. The SMILES string of the molecule is COc1nccc(OCC2(O)CN(C(=O)OC(C)(C)C)C2)c1-c1cc(Nc2cnc(C#N)cn2)n[nH]1. The number of carbonyl (C=O) groups excluding carboxylic acids is 1. The Hall–Kier alpha value is -4.44. The number of methoxy groups -OCH3 is 1. The van der Waals surface area contributed by atoms with Gasteiger partial charge in [0, 0.05) is 12.3 Å². The number of pyridine rings is 1. The molecule has 0 radical (unpaired) electrons. The topological polar surface area (TPSA) is 171 Å². The van der Waals surface area contributed by atoms with E-state index in [9.17, 15) is 9.90 Å². The zero-order chi connectivity index (χ0) is 25.9. The molecule has 4 heterocycles. The normalized spacial score (nSPS) is 14.4. The summed E-state index contributed by atoms with van der Waals surface area (Å²) in [6, 6.07) is 5.26. The Labute approximate surface area is 207 Å². The molecular weight excluding hydrogens is 468 g/mol. The Morgan fingerprint density at radius 1 is 1.28 bits per heavy atom. The lowest BCUT2D eigenvalue weighted by atomic mass is 9.96. The highest BCUT2D eigenvalue weighted by atomic mass is 16.6. The highest BCUT2D eigenvalue weighted by molar-refractivity contribution is 5.74. The van der Waals surface area contributed by atoms with Crippen molar-refractivity contribution in [1.82, 2.24) is 30.0 Å². The van der Waals surface area contributed by atoms with E-state index in [-0.39, 0.29) is 31.3 Å². The fourth-order valence-corrected chi connectivity index (χ4v) is 3.47. The predicted molar refractivity (Wildman–Crippen MR) is 127 cm³/mol. The third kappa shape index (κ3) is 5.61. The number of likely N-dealkylation sites (tertiary alicyclic amines) is 1. The number of carbonyl (C=O) groups is 1. The van der Waals surface area contributed by atoms with Crippen LogP contribution in [0, 0.1) is 11.3 Å². The molecule has 4 rings (SSSR count). The number of nitriles is 1. The van der Waals surface area contributed by atoms with E-state index < -0.39 is 17.3 Å². The van der Waals surface area contributed by atoms with Gasteiger partial charge < -0.3 is 29.5 Å². The van der Waals surface area contributed by atoms with Crippen LogP contribution in [0.15, 0.2) is 30.7 Å². The highest BCUT2D eigenvalue weighted by Gasteiger charge is 2.46. The van der Waals surface area contributed by atoms with Crippen LogP contribution in [-0.2, 0) is 4.74 Å². The molecule has 3 aromatic rings. The maximum Gasteiger partial charge on any atom is 0.410 e. The average molecular weight is 495 g/mol. The van der Waals surface area contributed by atoms with Crippen LogP contribution >= 0.6 is 0 Å². The molecule has 13 heteroatoms. The van der Waals surface area contributed by atoms with E-state index in [1.165, 1.54) is 30.6 Å². The monoisotopic (exact) mass is 494 g/mol. The molecule has 0 atom stereocenters.